The zero-order chi connectivity index (χ0) is 24.1. The van der Waals surface area contributed by atoms with Crippen molar-refractivity contribution in [3.63, 3.8) is 0 Å². The molecular formula is C27H25N7S. The molecule has 35 heavy (non-hydrogen) atoms. The van der Waals surface area contributed by atoms with Gasteiger partial charge in [0, 0.05) is 21.9 Å². The van der Waals surface area contributed by atoms with E-state index in [1.54, 1.807) is 11.8 Å². The van der Waals surface area contributed by atoms with Gasteiger partial charge in [0.05, 0.1) is 12.5 Å². The van der Waals surface area contributed by atoms with E-state index in [1.807, 2.05) is 6.92 Å². The molecule has 3 aromatic heterocycles. The molecule has 1 unspecified atom stereocenters. The second-order valence-corrected chi connectivity index (χ2v) is 10.1. The number of tetrazole rings is 1. The molecule has 0 saturated heterocycles. The summed E-state index contributed by atoms with van der Waals surface area (Å²) in [5, 5.41) is 15.0. The average molecular weight is 480 g/mol. The maximum absolute atomic E-state index is 4.91. The standard InChI is InChI=1S/C27H25N7S/c1-5-23-29-25-15(2)12-16(3)28-27(25)34(23)14-18-10-11-21-22(13-18)35-17(4)19-8-6-7-9-20(19)24(21)26-30-32-33-31-26/h6-13,24H,4-5,14H2,1-3H3,(H,30,31,32,33). The molecule has 5 aromatic rings. The lowest BCUT2D eigenvalue weighted by molar-refractivity contribution is 0.742. The summed E-state index contributed by atoms with van der Waals surface area (Å²) in [7, 11) is 0. The fourth-order valence-corrected chi connectivity index (χ4v) is 6.09. The van der Waals surface area contributed by atoms with E-state index in [0.29, 0.717) is 6.54 Å². The number of fused-ring (bicyclic) bond motifs is 3. The zero-order valence-corrected chi connectivity index (χ0v) is 20.7. The Kier molecular flexibility index (Phi) is 5.25. The van der Waals surface area contributed by atoms with E-state index >= 15 is 0 Å². The van der Waals surface area contributed by atoms with Crippen molar-refractivity contribution in [2.75, 3.05) is 0 Å². The summed E-state index contributed by atoms with van der Waals surface area (Å²) in [5.41, 5.74) is 8.74. The number of aromatic nitrogens is 7. The third-order valence-electron chi connectivity index (χ3n) is 6.59. The normalized spacial score (nSPS) is 15.2. The Labute approximate surface area is 207 Å². The van der Waals surface area contributed by atoms with Gasteiger partial charge in [-0.3, -0.25) is 0 Å². The van der Waals surface area contributed by atoms with Gasteiger partial charge in [-0.1, -0.05) is 61.7 Å². The van der Waals surface area contributed by atoms with Crippen molar-refractivity contribution in [3.8, 4) is 0 Å². The van der Waals surface area contributed by atoms with Crippen LogP contribution in [-0.4, -0.2) is 35.2 Å². The molecule has 4 heterocycles. The zero-order valence-electron chi connectivity index (χ0n) is 19.9. The van der Waals surface area contributed by atoms with E-state index < -0.39 is 0 Å². The van der Waals surface area contributed by atoms with Crippen LogP contribution < -0.4 is 0 Å². The maximum atomic E-state index is 4.91. The number of nitrogens with zero attached hydrogens (tertiary/aromatic N) is 6. The molecule has 1 aliphatic rings. The van der Waals surface area contributed by atoms with Gasteiger partial charge in [0.25, 0.3) is 0 Å². The Morgan fingerprint density at radius 2 is 1.91 bits per heavy atom. The molecule has 2 aromatic carbocycles. The molecule has 7 nitrogen and oxygen atoms in total. The lowest BCUT2D eigenvalue weighted by atomic mass is 9.87. The lowest BCUT2D eigenvalue weighted by Crippen LogP contribution is -2.09. The van der Waals surface area contributed by atoms with Crippen molar-refractivity contribution >= 4 is 27.8 Å². The summed E-state index contributed by atoms with van der Waals surface area (Å²) in [6.07, 6.45) is 0.848. The molecule has 0 spiro atoms. The summed E-state index contributed by atoms with van der Waals surface area (Å²) >= 11 is 1.70. The maximum Gasteiger partial charge on any atom is 0.160 e. The van der Waals surface area contributed by atoms with Crippen LogP contribution in [0.25, 0.3) is 16.1 Å². The van der Waals surface area contributed by atoms with Gasteiger partial charge >= 0.3 is 0 Å². The number of hydrogen-bond acceptors (Lipinski definition) is 6. The number of pyridine rings is 1. The first-order chi connectivity index (χ1) is 17.0. The number of thioether (sulfide) groups is 1. The van der Waals surface area contributed by atoms with E-state index in [-0.39, 0.29) is 5.92 Å². The molecule has 1 N–H and O–H groups in total. The van der Waals surface area contributed by atoms with Gasteiger partial charge in [0.1, 0.15) is 11.3 Å². The minimum absolute atomic E-state index is 0.0933. The monoisotopic (exact) mass is 479 g/mol. The largest absolute Gasteiger partial charge is 0.308 e. The van der Waals surface area contributed by atoms with Crippen molar-refractivity contribution in [1.29, 1.82) is 0 Å². The SMILES string of the molecule is C=C1Sc2cc(Cn3c(CC)nc4c(C)cc(C)nc43)ccc2C(c2nnn[nH]2)c2ccccc21. The number of aromatic amines is 1. The van der Waals surface area contributed by atoms with Crippen LogP contribution in [0.5, 0.6) is 0 Å². The highest BCUT2D eigenvalue weighted by atomic mass is 32.2. The third kappa shape index (κ3) is 3.65. The fraction of sp³-hybridized carbons (Fsp3) is 0.222. The highest BCUT2D eigenvalue weighted by Crippen LogP contribution is 2.47. The molecule has 0 bridgehead atoms. The number of aryl methyl sites for hydroxylation is 3. The van der Waals surface area contributed by atoms with Crippen molar-refractivity contribution in [2.24, 2.45) is 0 Å². The Bertz CT molecular complexity index is 1580. The van der Waals surface area contributed by atoms with Crippen LogP contribution in [0.15, 0.2) is 60.0 Å². The quantitative estimate of drug-likeness (QED) is 0.370. The van der Waals surface area contributed by atoms with Crippen LogP contribution in [0.2, 0.25) is 0 Å². The summed E-state index contributed by atoms with van der Waals surface area (Å²) < 4.78 is 2.25. The van der Waals surface area contributed by atoms with Crippen LogP contribution in [0.1, 0.15) is 58.0 Å². The Morgan fingerprint density at radius 1 is 1.06 bits per heavy atom. The molecule has 1 atom stereocenters. The molecule has 0 saturated carbocycles. The molecule has 0 radical (unpaired) electrons. The van der Waals surface area contributed by atoms with E-state index in [9.17, 15) is 0 Å². The lowest BCUT2D eigenvalue weighted by Gasteiger charge is -2.18. The first kappa shape index (κ1) is 21.7. The fourth-order valence-electron chi connectivity index (χ4n) is 5.01. The van der Waals surface area contributed by atoms with Crippen molar-refractivity contribution in [3.05, 3.63) is 100 Å². The third-order valence-corrected chi connectivity index (χ3v) is 7.63. The van der Waals surface area contributed by atoms with Crippen LogP contribution >= 0.6 is 11.8 Å². The first-order valence-electron chi connectivity index (χ1n) is 11.7. The van der Waals surface area contributed by atoms with Gasteiger partial charge in [-0.25, -0.2) is 15.1 Å². The molecule has 6 rings (SSSR count). The van der Waals surface area contributed by atoms with E-state index in [0.717, 1.165) is 61.4 Å². The summed E-state index contributed by atoms with van der Waals surface area (Å²) in [4.78, 5) is 11.9. The van der Waals surface area contributed by atoms with E-state index in [4.69, 9.17) is 9.97 Å². The van der Waals surface area contributed by atoms with Crippen molar-refractivity contribution in [1.82, 2.24) is 35.2 Å². The number of nitrogens with one attached hydrogen (secondary N) is 1. The predicted octanol–water partition coefficient (Wildman–Crippen LogP) is 5.43. The molecule has 0 fully saturated rings. The van der Waals surface area contributed by atoms with E-state index in [2.05, 4.69) is 94.1 Å². The summed E-state index contributed by atoms with van der Waals surface area (Å²) in [5.74, 6) is 1.68. The van der Waals surface area contributed by atoms with Gasteiger partial charge in [-0.2, -0.15) is 0 Å². The van der Waals surface area contributed by atoms with E-state index in [1.165, 1.54) is 11.1 Å². The van der Waals surface area contributed by atoms with Gasteiger partial charge in [0.2, 0.25) is 0 Å². The average Bonchev–Trinajstić information content (AvgIpc) is 3.47. The Morgan fingerprint density at radius 3 is 2.71 bits per heavy atom. The van der Waals surface area contributed by atoms with Crippen molar-refractivity contribution in [2.45, 2.75) is 44.6 Å². The predicted molar refractivity (Wildman–Crippen MR) is 138 cm³/mol. The van der Waals surface area contributed by atoms with Crippen molar-refractivity contribution < 1.29 is 0 Å². The van der Waals surface area contributed by atoms with Crippen LogP contribution in [0.3, 0.4) is 0 Å². The minimum atomic E-state index is -0.0933. The number of rotatable bonds is 4. The molecule has 0 aliphatic carbocycles. The smallest absolute Gasteiger partial charge is 0.160 e. The number of imidazole rings is 1. The highest BCUT2D eigenvalue weighted by Gasteiger charge is 2.29. The summed E-state index contributed by atoms with van der Waals surface area (Å²) in [6.45, 7) is 11.4. The van der Waals surface area contributed by atoms with Crippen LogP contribution in [0, 0.1) is 13.8 Å². The number of benzene rings is 2. The number of hydrogen-bond donors (Lipinski definition) is 1. The Hall–Kier alpha value is -3.78. The minimum Gasteiger partial charge on any atom is -0.308 e. The molecule has 8 heteroatoms. The highest BCUT2D eigenvalue weighted by molar-refractivity contribution is 8.08. The van der Waals surface area contributed by atoms with Gasteiger partial charge in [0.15, 0.2) is 11.5 Å². The van der Waals surface area contributed by atoms with Gasteiger partial charge < -0.3 is 4.57 Å². The van der Waals surface area contributed by atoms with Crippen LogP contribution in [-0.2, 0) is 13.0 Å². The Balaban J connectivity index is 1.48. The first-order valence-corrected chi connectivity index (χ1v) is 12.5. The van der Waals surface area contributed by atoms with Gasteiger partial charge in [-0.05, 0) is 64.2 Å². The molecule has 174 valence electrons. The molecule has 1 aliphatic heterocycles. The second-order valence-electron chi connectivity index (χ2n) is 8.92. The number of H-pyrrole nitrogens is 1. The summed E-state index contributed by atoms with van der Waals surface area (Å²) in [6, 6.07) is 17.1. The van der Waals surface area contributed by atoms with Crippen LogP contribution in [0.4, 0.5) is 0 Å². The molecule has 0 amide bonds. The topological polar surface area (TPSA) is 85.2 Å². The van der Waals surface area contributed by atoms with Gasteiger partial charge in [-0.15, -0.1) is 5.10 Å². The molecular weight excluding hydrogens is 454 g/mol. The second kappa shape index (κ2) is 8.46.